The van der Waals surface area contributed by atoms with E-state index in [0.29, 0.717) is 30.0 Å². The smallest absolute Gasteiger partial charge is 0.224 e. The Hall–Kier alpha value is -1.59. The lowest BCUT2D eigenvalue weighted by atomic mass is 10.0. The van der Waals surface area contributed by atoms with E-state index in [4.69, 9.17) is 10.5 Å². The number of nitrogens with two attached hydrogens (primary N) is 1. The molecule has 0 heterocycles. The third-order valence-corrected chi connectivity index (χ3v) is 2.74. The van der Waals surface area contributed by atoms with Crippen LogP contribution in [0.4, 0.5) is 0 Å². The van der Waals surface area contributed by atoms with Crippen LogP contribution in [-0.2, 0) is 11.2 Å². The molecule has 0 aliphatic rings. The first-order valence-electron chi connectivity index (χ1n) is 6.23. The molecule has 0 bridgehead atoms. The fraction of sp³-hybridized carbons (Fsp3) is 0.429. The maximum atomic E-state index is 11.7. The summed E-state index contributed by atoms with van der Waals surface area (Å²) in [5.74, 6) is 0.471. The number of benzene rings is 1. The molecule has 0 saturated carbocycles. The van der Waals surface area contributed by atoms with Crippen LogP contribution in [0.3, 0.4) is 0 Å². The van der Waals surface area contributed by atoms with Gasteiger partial charge in [-0.15, -0.1) is 12.4 Å². The lowest BCUT2D eigenvalue weighted by Gasteiger charge is -2.10. The van der Waals surface area contributed by atoms with Crippen molar-refractivity contribution >= 4 is 24.1 Å². The standard InChI is InChI=1S/C14H20N2O3.ClH/c1-10(17)11-4-5-13(19-2)12(8-11)9-14(18)16-7-3-6-15;/h4-5,8H,3,6-7,9,15H2,1-2H3,(H,16,18);1H. The van der Waals surface area contributed by atoms with Gasteiger partial charge in [0.2, 0.25) is 5.91 Å². The number of carbonyl (C=O) groups is 2. The fourth-order valence-electron chi connectivity index (χ4n) is 1.70. The number of ketones is 1. The van der Waals surface area contributed by atoms with E-state index in [1.165, 1.54) is 6.92 Å². The van der Waals surface area contributed by atoms with E-state index in [-0.39, 0.29) is 30.5 Å². The van der Waals surface area contributed by atoms with E-state index in [1.54, 1.807) is 25.3 Å². The monoisotopic (exact) mass is 300 g/mol. The molecular formula is C14H21ClN2O3. The Morgan fingerprint density at radius 2 is 2.05 bits per heavy atom. The molecule has 1 rings (SSSR count). The molecule has 1 aromatic rings. The number of hydrogen-bond acceptors (Lipinski definition) is 4. The highest BCUT2D eigenvalue weighted by Gasteiger charge is 2.11. The number of amides is 1. The molecule has 0 fully saturated rings. The Balaban J connectivity index is 0.00000361. The van der Waals surface area contributed by atoms with Crippen molar-refractivity contribution in [1.29, 1.82) is 0 Å². The first kappa shape index (κ1) is 18.4. The number of methoxy groups -OCH3 is 1. The zero-order valence-corrected chi connectivity index (χ0v) is 12.6. The Kier molecular flexibility index (Phi) is 8.59. The normalized spacial score (nSPS) is 9.55. The summed E-state index contributed by atoms with van der Waals surface area (Å²) in [6.45, 7) is 2.60. The average molecular weight is 301 g/mol. The number of rotatable bonds is 7. The van der Waals surface area contributed by atoms with Crippen molar-refractivity contribution in [3.8, 4) is 5.75 Å². The van der Waals surface area contributed by atoms with Crippen molar-refractivity contribution in [3.63, 3.8) is 0 Å². The summed E-state index contributed by atoms with van der Waals surface area (Å²) in [6.07, 6.45) is 0.936. The predicted octanol–water partition coefficient (Wildman–Crippen LogP) is 1.33. The maximum absolute atomic E-state index is 11.7. The van der Waals surface area contributed by atoms with Gasteiger partial charge in [0, 0.05) is 17.7 Å². The molecule has 0 unspecified atom stereocenters. The number of halogens is 1. The van der Waals surface area contributed by atoms with Crippen LogP contribution < -0.4 is 15.8 Å². The summed E-state index contributed by atoms with van der Waals surface area (Å²) in [7, 11) is 1.54. The summed E-state index contributed by atoms with van der Waals surface area (Å²) < 4.78 is 5.20. The fourth-order valence-corrected chi connectivity index (χ4v) is 1.70. The van der Waals surface area contributed by atoms with E-state index < -0.39 is 0 Å². The van der Waals surface area contributed by atoms with Crippen molar-refractivity contribution in [2.75, 3.05) is 20.2 Å². The minimum absolute atomic E-state index is 0. The van der Waals surface area contributed by atoms with Gasteiger partial charge in [-0.25, -0.2) is 0 Å². The molecule has 0 radical (unpaired) electrons. The molecule has 1 aromatic carbocycles. The van der Waals surface area contributed by atoms with Crippen LogP contribution in [0.2, 0.25) is 0 Å². The van der Waals surface area contributed by atoms with Crippen LogP contribution in [0.25, 0.3) is 0 Å². The number of Topliss-reactive ketones (excluding diaryl/α,β-unsaturated/α-hetero) is 1. The molecule has 0 aliphatic carbocycles. The van der Waals surface area contributed by atoms with E-state index >= 15 is 0 Å². The number of nitrogens with one attached hydrogen (secondary N) is 1. The van der Waals surface area contributed by atoms with Gasteiger partial charge in [-0.05, 0) is 38.1 Å². The predicted molar refractivity (Wildman–Crippen MR) is 80.6 cm³/mol. The Morgan fingerprint density at radius 1 is 1.35 bits per heavy atom. The van der Waals surface area contributed by atoms with Crippen molar-refractivity contribution in [2.45, 2.75) is 19.8 Å². The van der Waals surface area contributed by atoms with Crippen LogP contribution in [-0.4, -0.2) is 31.9 Å². The molecule has 0 aliphatic heterocycles. The van der Waals surface area contributed by atoms with Gasteiger partial charge in [0.15, 0.2) is 5.78 Å². The van der Waals surface area contributed by atoms with Gasteiger partial charge in [0.1, 0.15) is 5.75 Å². The van der Waals surface area contributed by atoms with E-state index in [1.807, 2.05) is 0 Å². The lowest BCUT2D eigenvalue weighted by molar-refractivity contribution is -0.120. The second kappa shape index (κ2) is 9.34. The quantitative estimate of drug-likeness (QED) is 0.588. The number of hydrogen-bond donors (Lipinski definition) is 2. The molecule has 5 nitrogen and oxygen atoms in total. The summed E-state index contributed by atoms with van der Waals surface area (Å²) in [5, 5.41) is 2.77. The van der Waals surface area contributed by atoms with Crippen molar-refractivity contribution < 1.29 is 14.3 Å². The van der Waals surface area contributed by atoms with Gasteiger partial charge < -0.3 is 15.8 Å². The number of carbonyl (C=O) groups excluding carboxylic acids is 2. The van der Waals surface area contributed by atoms with E-state index in [2.05, 4.69) is 5.32 Å². The van der Waals surface area contributed by atoms with Gasteiger partial charge in [-0.2, -0.15) is 0 Å². The van der Waals surface area contributed by atoms with Gasteiger partial charge >= 0.3 is 0 Å². The molecular weight excluding hydrogens is 280 g/mol. The Morgan fingerprint density at radius 3 is 2.60 bits per heavy atom. The summed E-state index contributed by atoms with van der Waals surface area (Å²) in [4.78, 5) is 23.1. The molecule has 0 atom stereocenters. The first-order valence-corrected chi connectivity index (χ1v) is 6.23. The topological polar surface area (TPSA) is 81.4 Å². The second-order valence-corrected chi connectivity index (χ2v) is 4.25. The first-order chi connectivity index (χ1) is 9.08. The zero-order valence-electron chi connectivity index (χ0n) is 11.8. The summed E-state index contributed by atoms with van der Waals surface area (Å²) in [6, 6.07) is 5.10. The van der Waals surface area contributed by atoms with Crippen LogP contribution in [0.1, 0.15) is 29.3 Å². The van der Waals surface area contributed by atoms with E-state index in [0.717, 1.165) is 6.42 Å². The van der Waals surface area contributed by atoms with E-state index in [9.17, 15) is 9.59 Å². The summed E-state index contributed by atoms with van der Waals surface area (Å²) >= 11 is 0. The molecule has 112 valence electrons. The lowest BCUT2D eigenvalue weighted by Crippen LogP contribution is -2.27. The Bertz CT molecular complexity index is 464. The summed E-state index contributed by atoms with van der Waals surface area (Å²) in [5.41, 5.74) is 6.64. The molecule has 3 N–H and O–H groups in total. The molecule has 6 heteroatoms. The largest absolute Gasteiger partial charge is 0.496 e. The van der Waals surface area contributed by atoms with Crippen molar-refractivity contribution in [1.82, 2.24) is 5.32 Å². The van der Waals surface area contributed by atoms with Gasteiger partial charge in [-0.3, -0.25) is 9.59 Å². The van der Waals surface area contributed by atoms with Crippen molar-refractivity contribution in [2.24, 2.45) is 5.73 Å². The molecule has 0 aromatic heterocycles. The minimum atomic E-state index is -0.104. The highest BCUT2D eigenvalue weighted by atomic mass is 35.5. The van der Waals surface area contributed by atoms with Crippen LogP contribution >= 0.6 is 12.4 Å². The average Bonchev–Trinajstić information content (AvgIpc) is 2.38. The molecule has 0 spiro atoms. The third kappa shape index (κ3) is 5.59. The highest BCUT2D eigenvalue weighted by molar-refractivity contribution is 5.94. The van der Waals surface area contributed by atoms with Gasteiger partial charge in [0.25, 0.3) is 0 Å². The molecule has 20 heavy (non-hydrogen) atoms. The van der Waals surface area contributed by atoms with Crippen molar-refractivity contribution in [3.05, 3.63) is 29.3 Å². The highest BCUT2D eigenvalue weighted by Crippen LogP contribution is 2.20. The van der Waals surface area contributed by atoms with Crippen LogP contribution in [0.15, 0.2) is 18.2 Å². The van der Waals surface area contributed by atoms with Crippen LogP contribution in [0, 0.1) is 0 Å². The zero-order chi connectivity index (χ0) is 14.3. The Labute approximate surface area is 125 Å². The van der Waals surface area contributed by atoms with Gasteiger partial charge in [-0.1, -0.05) is 0 Å². The SMILES string of the molecule is COc1ccc(C(C)=O)cc1CC(=O)NCCCN.Cl. The minimum Gasteiger partial charge on any atom is -0.496 e. The molecule has 1 amide bonds. The second-order valence-electron chi connectivity index (χ2n) is 4.25. The number of ether oxygens (including phenoxy) is 1. The van der Waals surface area contributed by atoms with Gasteiger partial charge in [0.05, 0.1) is 13.5 Å². The van der Waals surface area contributed by atoms with Crippen LogP contribution in [0.5, 0.6) is 5.75 Å². The molecule has 0 saturated heterocycles. The maximum Gasteiger partial charge on any atom is 0.224 e. The third-order valence-electron chi connectivity index (χ3n) is 2.74.